The lowest BCUT2D eigenvalue weighted by molar-refractivity contribution is -0.126. The van der Waals surface area contributed by atoms with Gasteiger partial charge in [0.1, 0.15) is 17.8 Å². The molecule has 2 aliphatic rings. The predicted molar refractivity (Wildman–Crippen MR) is 115 cm³/mol. The number of carbonyl (C=O) groups is 2. The lowest BCUT2D eigenvalue weighted by Crippen LogP contribution is -2.41. The summed E-state index contributed by atoms with van der Waals surface area (Å²) in [6.07, 6.45) is 2.06. The molecule has 31 heavy (non-hydrogen) atoms. The van der Waals surface area contributed by atoms with E-state index in [4.69, 9.17) is 4.74 Å². The Labute approximate surface area is 180 Å². The van der Waals surface area contributed by atoms with Crippen LogP contribution >= 0.6 is 0 Å². The van der Waals surface area contributed by atoms with Crippen LogP contribution in [0.3, 0.4) is 0 Å². The van der Waals surface area contributed by atoms with Crippen molar-refractivity contribution in [1.29, 1.82) is 5.26 Å². The van der Waals surface area contributed by atoms with Crippen molar-refractivity contribution >= 4 is 35.0 Å². The molecule has 1 aromatic heterocycles. The minimum Gasteiger partial charge on any atom is -0.370 e. The predicted octanol–water partition coefficient (Wildman–Crippen LogP) is 2.49. The number of nitrogens with zero attached hydrogens (tertiary/aromatic N) is 5. The Hall–Kier alpha value is -3.51. The van der Waals surface area contributed by atoms with E-state index in [1.54, 1.807) is 22.1 Å². The number of amides is 2. The highest BCUT2D eigenvalue weighted by atomic mass is 16.5. The number of benzene rings is 1. The van der Waals surface area contributed by atoms with Gasteiger partial charge >= 0.3 is 0 Å². The van der Waals surface area contributed by atoms with Crippen LogP contribution in [-0.2, 0) is 14.3 Å². The summed E-state index contributed by atoms with van der Waals surface area (Å²) in [5, 5.41) is 12.8. The lowest BCUT2D eigenvalue weighted by Gasteiger charge is -2.27. The summed E-state index contributed by atoms with van der Waals surface area (Å²) in [4.78, 5) is 36.9. The van der Waals surface area contributed by atoms with E-state index >= 15 is 0 Å². The summed E-state index contributed by atoms with van der Waals surface area (Å²) in [6, 6.07) is 11.3. The molecule has 2 amide bonds. The quantitative estimate of drug-likeness (QED) is 0.791. The summed E-state index contributed by atoms with van der Waals surface area (Å²) < 4.78 is 5.16. The molecular weight excluding hydrogens is 396 g/mol. The van der Waals surface area contributed by atoms with Crippen molar-refractivity contribution in [2.75, 3.05) is 41.4 Å². The van der Waals surface area contributed by atoms with E-state index in [0.29, 0.717) is 37.9 Å². The Bertz CT molecular complexity index is 1030. The summed E-state index contributed by atoms with van der Waals surface area (Å²) in [7, 11) is 0. The smallest absolute Gasteiger partial charge is 0.253 e. The van der Waals surface area contributed by atoms with Crippen LogP contribution in [-0.4, -0.2) is 48.1 Å². The molecule has 2 aliphatic heterocycles. The molecule has 4 rings (SSSR count). The summed E-state index contributed by atoms with van der Waals surface area (Å²) in [6.45, 7) is 5.38. The van der Waals surface area contributed by atoms with Gasteiger partial charge in [0.2, 0.25) is 11.9 Å². The number of anilines is 4. The van der Waals surface area contributed by atoms with Crippen molar-refractivity contribution in [3.63, 3.8) is 0 Å². The van der Waals surface area contributed by atoms with Gasteiger partial charge in [-0.05, 0) is 42.7 Å². The molecule has 1 aromatic carbocycles. The monoisotopic (exact) mass is 420 g/mol. The van der Waals surface area contributed by atoms with Gasteiger partial charge in [0.25, 0.3) is 5.91 Å². The van der Waals surface area contributed by atoms with Crippen molar-refractivity contribution in [3.8, 4) is 6.07 Å². The number of hydrogen-bond acceptors (Lipinski definition) is 7. The van der Waals surface area contributed by atoms with E-state index in [2.05, 4.69) is 21.4 Å². The van der Waals surface area contributed by atoms with E-state index in [9.17, 15) is 14.9 Å². The van der Waals surface area contributed by atoms with Crippen LogP contribution in [0.15, 0.2) is 36.5 Å². The standard InChI is InChI=1S/C22H24N6O3/c1-15(2)22(14-23)8-10-28(20(22)30)18-7-9-24-21(26-18)25-16-3-5-17(6-4-16)27-11-12-31-13-19(27)29/h3-7,9,15H,8,10-13H2,1-2H3,(H,24,25,26). The van der Waals surface area contributed by atoms with Crippen LogP contribution in [0.5, 0.6) is 0 Å². The van der Waals surface area contributed by atoms with E-state index in [0.717, 1.165) is 11.4 Å². The molecular formula is C22H24N6O3. The van der Waals surface area contributed by atoms with Crippen molar-refractivity contribution < 1.29 is 14.3 Å². The van der Waals surface area contributed by atoms with E-state index in [1.807, 2.05) is 38.1 Å². The van der Waals surface area contributed by atoms with Crippen LogP contribution in [0.25, 0.3) is 0 Å². The van der Waals surface area contributed by atoms with Gasteiger partial charge in [0, 0.05) is 30.7 Å². The molecule has 0 aliphatic carbocycles. The van der Waals surface area contributed by atoms with Gasteiger partial charge in [-0.15, -0.1) is 0 Å². The third-order valence-electron chi connectivity index (χ3n) is 5.88. The van der Waals surface area contributed by atoms with Crippen LogP contribution < -0.4 is 15.1 Å². The summed E-state index contributed by atoms with van der Waals surface area (Å²) >= 11 is 0. The molecule has 2 saturated heterocycles. The molecule has 160 valence electrons. The molecule has 0 radical (unpaired) electrons. The maximum absolute atomic E-state index is 13.0. The number of nitrogens with one attached hydrogen (secondary N) is 1. The van der Waals surface area contributed by atoms with Crippen molar-refractivity contribution in [3.05, 3.63) is 36.5 Å². The highest BCUT2D eigenvalue weighted by molar-refractivity contribution is 6.01. The van der Waals surface area contributed by atoms with Gasteiger partial charge in [-0.25, -0.2) is 4.98 Å². The number of hydrogen-bond donors (Lipinski definition) is 1. The summed E-state index contributed by atoms with van der Waals surface area (Å²) in [5.41, 5.74) is 0.547. The molecule has 0 spiro atoms. The second kappa shape index (κ2) is 8.32. The highest BCUT2D eigenvalue weighted by Gasteiger charge is 2.50. The SMILES string of the molecule is CC(C)C1(C#N)CCN(c2ccnc(Nc3ccc(N4CCOCC4=O)cc3)n2)C1=O. The topological polar surface area (TPSA) is 111 Å². The fourth-order valence-electron chi connectivity index (χ4n) is 3.93. The molecule has 2 fully saturated rings. The Morgan fingerprint density at radius 3 is 2.58 bits per heavy atom. The zero-order valence-electron chi connectivity index (χ0n) is 17.5. The molecule has 0 bridgehead atoms. The van der Waals surface area contributed by atoms with Crippen molar-refractivity contribution in [1.82, 2.24) is 9.97 Å². The largest absolute Gasteiger partial charge is 0.370 e. The molecule has 1 unspecified atom stereocenters. The number of aromatic nitrogens is 2. The van der Waals surface area contributed by atoms with E-state index < -0.39 is 5.41 Å². The fourth-order valence-corrected chi connectivity index (χ4v) is 3.93. The normalized spacial score (nSPS) is 21.5. The van der Waals surface area contributed by atoms with E-state index in [-0.39, 0.29) is 24.3 Å². The first-order valence-electron chi connectivity index (χ1n) is 10.3. The highest BCUT2D eigenvalue weighted by Crippen LogP contribution is 2.40. The van der Waals surface area contributed by atoms with E-state index in [1.165, 1.54) is 0 Å². The second-order valence-electron chi connectivity index (χ2n) is 7.95. The average molecular weight is 420 g/mol. The van der Waals surface area contributed by atoms with Gasteiger partial charge in [0.05, 0.1) is 12.7 Å². The minimum absolute atomic E-state index is 0.0619. The number of carbonyl (C=O) groups excluding carboxylic acids is 2. The van der Waals surface area contributed by atoms with Crippen molar-refractivity contribution in [2.45, 2.75) is 20.3 Å². The van der Waals surface area contributed by atoms with Crippen LogP contribution in [0.1, 0.15) is 20.3 Å². The zero-order chi connectivity index (χ0) is 22.0. The first-order chi connectivity index (χ1) is 14.9. The maximum Gasteiger partial charge on any atom is 0.253 e. The molecule has 2 aromatic rings. The van der Waals surface area contributed by atoms with Crippen LogP contribution in [0, 0.1) is 22.7 Å². The van der Waals surface area contributed by atoms with Crippen molar-refractivity contribution in [2.24, 2.45) is 11.3 Å². The second-order valence-corrected chi connectivity index (χ2v) is 7.95. The molecule has 0 saturated carbocycles. The fraction of sp³-hybridized carbons (Fsp3) is 0.409. The number of nitriles is 1. The van der Waals surface area contributed by atoms with Crippen LogP contribution in [0.4, 0.5) is 23.1 Å². The van der Waals surface area contributed by atoms with Gasteiger partial charge < -0.3 is 15.0 Å². The lowest BCUT2D eigenvalue weighted by atomic mass is 9.77. The number of morpholine rings is 1. The minimum atomic E-state index is -1.01. The summed E-state index contributed by atoms with van der Waals surface area (Å²) in [5.74, 6) is 0.462. The zero-order valence-corrected chi connectivity index (χ0v) is 17.5. The molecule has 3 heterocycles. The first-order valence-corrected chi connectivity index (χ1v) is 10.3. The molecule has 9 heteroatoms. The Morgan fingerprint density at radius 2 is 1.94 bits per heavy atom. The number of rotatable bonds is 5. The first kappa shape index (κ1) is 20.8. The molecule has 1 N–H and O–H groups in total. The molecule has 1 atom stereocenters. The van der Waals surface area contributed by atoms with Gasteiger partial charge in [-0.2, -0.15) is 10.2 Å². The average Bonchev–Trinajstić information content (AvgIpc) is 3.12. The molecule has 9 nitrogen and oxygen atoms in total. The Kier molecular flexibility index (Phi) is 5.57. The Morgan fingerprint density at radius 1 is 1.16 bits per heavy atom. The maximum atomic E-state index is 13.0. The van der Waals surface area contributed by atoms with Gasteiger partial charge in [-0.3, -0.25) is 14.5 Å². The third kappa shape index (κ3) is 3.82. The third-order valence-corrected chi connectivity index (χ3v) is 5.88. The number of ether oxygens (including phenoxy) is 1. The van der Waals surface area contributed by atoms with Gasteiger partial charge in [-0.1, -0.05) is 13.8 Å². The van der Waals surface area contributed by atoms with Crippen LogP contribution in [0.2, 0.25) is 0 Å². The van der Waals surface area contributed by atoms with Gasteiger partial charge in [0.15, 0.2) is 0 Å². The Balaban J connectivity index is 1.49.